The average Bonchev–Trinajstić information content (AvgIpc) is 2.88. The van der Waals surface area contributed by atoms with Crippen LogP contribution >= 0.6 is 24.0 Å². The fraction of sp³-hybridized carbons (Fsp3) is 0.286. The standard InChI is InChI=1S/C13H14FN3OS2.CH2N2/c1-7(6-19)11(18)17-12-8(2)16-13(20-12)9-3-10(14)5-15-4-9;2-1-3/h3-5,7,19H,6H2,1-2H3,(H,17,18);2H2. The van der Waals surface area contributed by atoms with Gasteiger partial charge in [-0.2, -0.15) is 17.9 Å². The monoisotopic (exact) mass is 353 g/mol. The van der Waals surface area contributed by atoms with Crippen molar-refractivity contribution in [2.75, 3.05) is 11.1 Å². The zero-order chi connectivity index (χ0) is 17.4. The second-order valence-corrected chi connectivity index (χ2v) is 5.89. The van der Waals surface area contributed by atoms with E-state index in [4.69, 9.17) is 5.26 Å². The first-order valence-corrected chi connectivity index (χ1v) is 7.97. The zero-order valence-electron chi connectivity index (χ0n) is 12.6. The minimum atomic E-state index is -0.412. The molecule has 0 aliphatic carbocycles. The summed E-state index contributed by atoms with van der Waals surface area (Å²) >= 11 is 5.40. The Morgan fingerprint density at radius 3 is 2.83 bits per heavy atom. The fourth-order valence-corrected chi connectivity index (χ4v) is 2.60. The number of thiol groups is 1. The molecule has 0 spiro atoms. The number of halogens is 1. The minimum absolute atomic E-state index is 0.101. The molecule has 0 saturated heterocycles. The van der Waals surface area contributed by atoms with Crippen molar-refractivity contribution >= 4 is 34.9 Å². The van der Waals surface area contributed by atoms with Gasteiger partial charge in [0.1, 0.15) is 15.8 Å². The number of nitrogens with one attached hydrogen (secondary N) is 1. The van der Waals surface area contributed by atoms with E-state index in [0.717, 1.165) is 6.20 Å². The first-order valence-electron chi connectivity index (χ1n) is 6.52. The summed E-state index contributed by atoms with van der Waals surface area (Å²) in [5.74, 6) is -0.218. The predicted molar refractivity (Wildman–Crippen MR) is 91.5 cm³/mol. The van der Waals surface area contributed by atoms with Crippen molar-refractivity contribution in [2.24, 2.45) is 11.7 Å². The molecular weight excluding hydrogens is 337 g/mol. The molecule has 0 fully saturated rings. The van der Waals surface area contributed by atoms with Gasteiger partial charge in [-0.3, -0.25) is 9.78 Å². The maximum Gasteiger partial charge on any atom is 0.228 e. The Morgan fingerprint density at radius 2 is 2.26 bits per heavy atom. The Hall–Kier alpha value is -2.18. The predicted octanol–water partition coefficient (Wildman–Crippen LogP) is 2.58. The highest BCUT2D eigenvalue weighted by Gasteiger charge is 2.16. The topological polar surface area (TPSA) is 105 Å². The molecular formula is C14H16FN5OS2. The Kier molecular flexibility index (Phi) is 7.44. The van der Waals surface area contributed by atoms with Crippen molar-refractivity contribution in [1.82, 2.24) is 9.97 Å². The molecule has 0 aliphatic rings. The summed E-state index contributed by atoms with van der Waals surface area (Å²) in [7, 11) is 0. The molecule has 3 N–H and O–H groups in total. The summed E-state index contributed by atoms with van der Waals surface area (Å²) in [5.41, 5.74) is 5.45. The zero-order valence-corrected chi connectivity index (χ0v) is 14.3. The van der Waals surface area contributed by atoms with E-state index < -0.39 is 5.82 Å². The molecule has 1 unspecified atom stereocenters. The molecule has 0 bridgehead atoms. The third kappa shape index (κ3) is 5.50. The van der Waals surface area contributed by atoms with Gasteiger partial charge < -0.3 is 11.1 Å². The molecule has 6 nitrogen and oxygen atoms in total. The highest BCUT2D eigenvalue weighted by molar-refractivity contribution is 7.80. The number of thiazole rings is 1. The fourth-order valence-electron chi connectivity index (χ4n) is 1.48. The van der Waals surface area contributed by atoms with Gasteiger partial charge >= 0.3 is 0 Å². The largest absolute Gasteiger partial charge is 0.337 e. The van der Waals surface area contributed by atoms with Gasteiger partial charge in [0, 0.05) is 23.4 Å². The van der Waals surface area contributed by atoms with Crippen LogP contribution in [0.2, 0.25) is 0 Å². The third-order valence-corrected chi connectivity index (χ3v) is 4.38. The van der Waals surface area contributed by atoms with Crippen LogP contribution in [0.5, 0.6) is 0 Å². The first-order chi connectivity index (χ1) is 10.9. The van der Waals surface area contributed by atoms with Crippen LogP contribution in [0.25, 0.3) is 10.6 Å². The van der Waals surface area contributed by atoms with Gasteiger partial charge in [0.05, 0.1) is 11.9 Å². The number of anilines is 1. The minimum Gasteiger partial charge on any atom is -0.337 e. The lowest BCUT2D eigenvalue weighted by molar-refractivity contribution is -0.118. The number of nitrogens with zero attached hydrogens (tertiary/aromatic N) is 3. The average molecular weight is 353 g/mol. The summed E-state index contributed by atoms with van der Waals surface area (Å²) in [6, 6.07) is 1.37. The third-order valence-electron chi connectivity index (χ3n) is 2.71. The molecule has 2 aromatic heterocycles. The number of rotatable bonds is 4. The molecule has 122 valence electrons. The number of nitriles is 1. The molecule has 2 aromatic rings. The van der Waals surface area contributed by atoms with E-state index in [1.165, 1.54) is 23.6 Å². The Bertz CT molecular complexity index is 713. The summed E-state index contributed by atoms with van der Waals surface area (Å²) in [4.78, 5) is 20.0. The maximum absolute atomic E-state index is 13.2. The number of aryl methyl sites for hydroxylation is 1. The molecule has 0 aliphatic heterocycles. The lowest BCUT2D eigenvalue weighted by atomic mass is 10.2. The van der Waals surface area contributed by atoms with Gasteiger partial charge in [0.2, 0.25) is 5.91 Å². The summed E-state index contributed by atoms with van der Waals surface area (Å²) in [6.07, 6.45) is 3.93. The molecule has 2 rings (SSSR count). The van der Waals surface area contributed by atoms with Crippen molar-refractivity contribution < 1.29 is 9.18 Å². The molecule has 0 saturated carbocycles. The van der Waals surface area contributed by atoms with Crippen LogP contribution in [0.4, 0.5) is 9.39 Å². The lowest BCUT2D eigenvalue weighted by Crippen LogP contribution is -2.21. The number of nitrogens with two attached hydrogens (primary N) is 1. The SMILES string of the molecule is Cc1nc(-c2cncc(F)c2)sc1NC(=O)C(C)CS.N#CN. The highest BCUT2D eigenvalue weighted by Crippen LogP contribution is 2.31. The van der Waals surface area contributed by atoms with Gasteiger partial charge in [-0.1, -0.05) is 18.3 Å². The second-order valence-electron chi connectivity index (χ2n) is 4.53. The van der Waals surface area contributed by atoms with Gasteiger partial charge in [0.15, 0.2) is 6.19 Å². The Balaban J connectivity index is 0.000000816. The molecule has 1 atom stereocenters. The Morgan fingerprint density at radius 1 is 1.61 bits per heavy atom. The number of carbonyl (C=O) groups excluding carboxylic acids is 1. The van der Waals surface area contributed by atoms with Gasteiger partial charge in [0.25, 0.3) is 0 Å². The van der Waals surface area contributed by atoms with E-state index in [2.05, 4.69) is 33.6 Å². The van der Waals surface area contributed by atoms with Gasteiger partial charge in [-0.25, -0.2) is 9.37 Å². The van der Waals surface area contributed by atoms with Crippen LogP contribution in [0.15, 0.2) is 18.5 Å². The van der Waals surface area contributed by atoms with E-state index in [-0.39, 0.29) is 11.8 Å². The number of hydrogen-bond donors (Lipinski definition) is 3. The van der Waals surface area contributed by atoms with E-state index in [1.807, 2.05) is 0 Å². The normalized spacial score (nSPS) is 10.9. The van der Waals surface area contributed by atoms with Crippen LogP contribution in [-0.4, -0.2) is 21.6 Å². The lowest BCUT2D eigenvalue weighted by Gasteiger charge is -2.07. The summed E-state index contributed by atoms with van der Waals surface area (Å²) < 4.78 is 13.2. The Labute approximate surface area is 143 Å². The molecule has 0 aromatic carbocycles. The van der Waals surface area contributed by atoms with Gasteiger partial charge in [-0.15, -0.1) is 0 Å². The van der Waals surface area contributed by atoms with Crippen molar-refractivity contribution in [1.29, 1.82) is 5.26 Å². The number of hydrogen-bond acceptors (Lipinski definition) is 7. The molecule has 0 radical (unpaired) electrons. The molecule has 9 heteroatoms. The van der Waals surface area contributed by atoms with E-state index >= 15 is 0 Å². The van der Waals surface area contributed by atoms with Crippen molar-refractivity contribution in [3.05, 3.63) is 30.0 Å². The first kappa shape index (κ1) is 18.9. The molecule has 2 heterocycles. The van der Waals surface area contributed by atoms with Crippen LogP contribution in [-0.2, 0) is 4.79 Å². The van der Waals surface area contributed by atoms with Crippen molar-refractivity contribution in [3.8, 4) is 16.8 Å². The summed E-state index contributed by atoms with van der Waals surface area (Å²) in [6.45, 7) is 3.60. The smallest absolute Gasteiger partial charge is 0.228 e. The van der Waals surface area contributed by atoms with E-state index in [1.54, 1.807) is 20.0 Å². The number of pyridine rings is 1. The number of carbonyl (C=O) groups is 1. The van der Waals surface area contributed by atoms with E-state index in [0.29, 0.717) is 27.0 Å². The number of aromatic nitrogens is 2. The maximum atomic E-state index is 13.2. The van der Waals surface area contributed by atoms with Crippen LogP contribution in [0.3, 0.4) is 0 Å². The van der Waals surface area contributed by atoms with Crippen LogP contribution < -0.4 is 11.1 Å². The number of amides is 1. The van der Waals surface area contributed by atoms with E-state index in [9.17, 15) is 9.18 Å². The van der Waals surface area contributed by atoms with Crippen LogP contribution in [0.1, 0.15) is 12.6 Å². The van der Waals surface area contributed by atoms with Crippen molar-refractivity contribution in [2.45, 2.75) is 13.8 Å². The second kappa shape index (κ2) is 9.07. The van der Waals surface area contributed by atoms with Gasteiger partial charge in [-0.05, 0) is 13.0 Å². The highest BCUT2D eigenvalue weighted by atomic mass is 32.1. The summed E-state index contributed by atoms with van der Waals surface area (Å²) in [5, 5.41) is 11.2. The van der Waals surface area contributed by atoms with Crippen LogP contribution in [0, 0.1) is 30.1 Å². The molecule has 1 amide bonds. The molecule has 23 heavy (non-hydrogen) atoms. The quantitative estimate of drug-likeness (QED) is 0.445. The van der Waals surface area contributed by atoms with Crippen molar-refractivity contribution in [3.63, 3.8) is 0 Å².